The van der Waals surface area contributed by atoms with E-state index in [1.54, 1.807) is 12.3 Å². The largest absolute Gasteiger partial charge is 0.478 e. The minimum absolute atomic E-state index is 0.308. The molecule has 1 heterocycles. The molecule has 0 spiro atoms. The van der Waals surface area contributed by atoms with Gasteiger partial charge in [0.25, 0.3) is 0 Å². The number of rotatable bonds is 3. The molecule has 4 nitrogen and oxygen atoms in total. The summed E-state index contributed by atoms with van der Waals surface area (Å²) in [5.74, 6) is -0.0784. The third-order valence-corrected chi connectivity index (χ3v) is 3.07. The molecule has 0 amide bonds. The van der Waals surface area contributed by atoms with E-state index in [9.17, 15) is 4.79 Å². The van der Waals surface area contributed by atoms with Crippen LogP contribution in [0.4, 0.5) is 0 Å². The minimum atomic E-state index is -0.921. The highest BCUT2D eigenvalue weighted by Gasteiger charge is 2.12. The maximum absolute atomic E-state index is 11.1. The highest BCUT2D eigenvalue weighted by Crippen LogP contribution is 2.19. The van der Waals surface area contributed by atoms with E-state index < -0.39 is 5.97 Å². The fourth-order valence-electron chi connectivity index (χ4n) is 1.64. The third-order valence-electron chi connectivity index (χ3n) is 2.57. The topological polar surface area (TPSA) is 55.1 Å². The summed E-state index contributed by atoms with van der Waals surface area (Å²) in [4.78, 5) is 15.3. The predicted molar refractivity (Wildman–Crippen MR) is 67.1 cm³/mol. The molecule has 5 heteroatoms. The average molecular weight is 295 g/mol. The molecule has 1 aromatic heterocycles. The number of benzene rings is 1. The number of imidazole rings is 1. The quantitative estimate of drug-likeness (QED) is 0.946. The molecule has 0 atom stereocenters. The van der Waals surface area contributed by atoms with E-state index in [0.717, 1.165) is 15.9 Å². The van der Waals surface area contributed by atoms with Crippen molar-refractivity contribution in [2.24, 2.45) is 7.05 Å². The van der Waals surface area contributed by atoms with Gasteiger partial charge in [0.05, 0.1) is 5.56 Å². The van der Waals surface area contributed by atoms with Crippen LogP contribution in [0.2, 0.25) is 0 Å². The van der Waals surface area contributed by atoms with Crippen molar-refractivity contribution in [3.8, 4) is 0 Å². The van der Waals surface area contributed by atoms with Crippen LogP contribution < -0.4 is 0 Å². The first-order valence-corrected chi connectivity index (χ1v) is 5.85. The van der Waals surface area contributed by atoms with Gasteiger partial charge in [-0.05, 0) is 17.7 Å². The molecule has 0 aliphatic rings. The maximum atomic E-state index is 11.1. The summed E-state index contributed by atoms with van der Waals surface area (Å²) in [6, 6.07) is 5.26. The van der Waals surface area contributed by atoms with Crippen LogP contribution >= 0.6 is 15.9 Å². The van der Waals surface area contributed by atoms with Crippen LogP contribution in [0.3, 0.4) is 0 Å². The molecule has 0 fully saturated rings. The molecule has 2 rings (SSSR count). The van der Waals surface area contributed by atoms with E-state index in [1.807, 2.05) is 29.9 Å². The van der Waals surface area contributed by atoms with Crippen LogP contribution in [0, 0.1) is 0 Å². The summed E-state index contributed by atoms with van der Waals surface area (Å²) >= 11 is 3.27. The smallest absolute Gasteiger partial charge is 0.336 e. The normalized spacial score (nSPS) is 10.5. The lowest BCUT2D eigenvalue weighted by Crippen LogP contribution is -2.06. The Morgan fingerprint density at radius 2 is 2.29 bits per heavy atom. The Morgan fingerprint density at radius 1 is 1.53 bits per heavy atom. The summed E-state index contributed by atoms with van der Waals surface area (Å²) in [6.45, 7) is 0. The van der Waals surface area contributed by atoms with Crippen molar-refractivity contribution in [1.82, 2.24) is 9.55 Å². The fraction of sp³-hybridized carbons (Fsp3) is 0.167. The zero-order chi connectivity index (χ0) is 12.4. The molecule has 0 aliphatic carbocycles. The lowest BCUT2D eigenvalue weighted by atomic mass is 10.0. The highest BCUT2D eigenvalue weighted by molar-refractivity contribution is 9.10. The third kappa shape index (κ3) is 2.55. The van der Waals surface area contributed by atoms with E-state index >= 15 is 0 Å². The van der Waals surface area contributed by atoms with Crippen LogP contribution in [0.25, 0.3) is 0 Å². The number of carbonyl (C=O) groups is 1. The summed E-state index contributed by atoms with van der Waals surface area (Å²) in [7, 11) is 1.89. The summed E-state index contributed by atoms with van der Waals surface area (Å²) in [6.07, 6.45) is 4.06. The fourth-order valence-corrected chi connectivity index (χ4v) is 2.00. The molecule has 2 aromatic rings. The van der Waals surface area contributed by atoms with Crippen molar-refractivity contribution in [3.05, 3.63) is 52.0 Å². The zero-order valence-corrected chi connectivity index (χ0v) is 10.8. The molecular weight excluding hydrogens is 284 g/mol. The Balaban J connectivity index is 2.39. The van der Waals surface area contributed by atoms with E-state index in [0.29, 0.717) is 12.0 Å². The number of carboxylic acids is 1. The van der Waals surface area contributed by atoms with Gasteiger partial charge in [0.15, 0.2) is 0 Å². The van der Waals surface area contributed by atoms with Crippen LogP contribution in [0.15, 0.2) is 35.1 Å². The van der Waals surface area contributed by atoms with Crippen molar-refractivity contribution < 1.29 is 9.90 Å². The predicted octanol–water partition coefficient (Wildman–Crippen LogP) is 2.47. The number of carboxylic acid groups (broad SMARTS) is 1. The number of aromatic carboxylic acids is 1. The summed E-state index contributed by atoms with van der Waals surface area (Å²) < 4.78 is 2.65. The number of aromatic nitrogens is 2. The minimum Gasteiger partial charge on any atom is -0.478 e. The second kappa shape index (κ2) is 4.71. The van der Waals surface area contributed by atoms with Crippen molar-refractivity contribution in [1.29, 1.82) is 0 Å². The number of hydrogen-bond donors (Lipinski definition) is 1. The first-order chi connectivity index (χ1) is 8.08. The van der Waals surface area contributed by atoms with Crippen LogP contribution in [-0.2, 0) is 13.5 Å². The molecule has 0 saturated carbocycles. The maximum Gasteiger partial charge on any atom is 0.336 e. The molecule has 0 saturated heterocycles. The molecular formula is C12H11BrN2O2. The van der Waals surface area contributed by atoms with Gasteiger partial charge < -0.3 is 9.67 Å². The van der Waals surface area contributed by atoms with Gasteiger partial charge in [-0.15, -0.1) is 0 Å². The van der Waals surface area contributed by atoms with Crippen molar-refractivity contribution >= 4 is 21.9 Å². The van der Waals surface area contributed by atoms with E-state index in [2.05, 4.69) is 20.9 Å². The molecule has 88 valence electrons. The van der Waals surface area contributed by atoms with Crippen LogP contribution in [-0.4, -0.2) is 20.6 Å². The summed E-state index contributed by atoms with van der Waals surface area (Å²) in [5, 5.41) is 9.14. The zero-order valence-electron chi connectivity index (χ0n) is 9.22. The van der Waals surface area contributed by atoms with Gasteiger partial charge in [-0.1, -0.05) is 22.0 Å². The van der Waals surface area contributed by atoms with Crippen molar-refractivity contribution in [2.75, 3.05) is 0 Å². The second-order valence-corrected chi connectivity index (χ2v) is 4.65. The monoisotopic (exact) mass is 294 g/mol. The Labute approximate surface area is 107 Å². The lowest BCUT2D eigenvalue weighted by Gasteiger charge is -2.06. The van der Waals surface area contributed by atoms with Gasteiger partial charge >= 0.3 is 5.97 Å². The van der Waals surface area contributed by atoms with Gasteiger partial charge in [-0.2, -0.15) is 0 Å². The molecule has 1 aromatic carbocycles. The Bertz CT molecular complexity index is 563. The second-order valence-electron chi connectivity index (χ2n) is 3.74. The van der Waals surface area contributed by atoms with Crippen LogP contribution in [0.1, 0.15) is 21.7 Å². The van der Waals surface area contributed by atoms with E-state index in [-0.39, 0.29) is 0 Å². The summed E-state index contributed by atoms with van der Waals surface area (Å²) in [5.41, 5.74) is 1.07. The van der Waals surface area contributed by atoms with Gasteiger partial charge in [0.2, 0.25) is 0 Å². The van der Waals surface area contributed by atoms with Crippen molar-refractivity contribution in [2.45, 2.75) is 6.42 Å². The molecule has 0 unspecified atom stereocenters. The molecule has 0 radical (unpaired) electrons. The lowest BCUT2D eigenvalue weighted by molar-refractivity contribution is 0.0695. The number of hydrogen-bond acceptors (Lipinski definition) is 2. The molecule has 17 heavy (non-hydrogen) atoms. The van der Waals surface area contributed by atoms with Gasteiger partial charge in [-0.25, -0.2) is 9.78 Å². The van der Waals surface area contributed by atoms with Gasteiger partial charge in [-0.3, -0.25) is 0 Å². The van der Waals surface area contributed by atoms with E-state index in [4.69, 9.17) is 5.11 Å². The Hall–Kier alpha value is -1.62. The first-order valence-electron chi connectivity index (χ1n) is 5.06. The number of halogens is 1. The highest BCUT2D eigenvalue weighted by atomic mass is 79.9. The average Bonchev–Trinajstić information content (AvgIpc) is 2.67. The van der Waals surface area contributed by atoms with Gasteiger partial charge in [0, 0.05) is 30.3 Å². The van der Waals surface area contributed by atoms with E-state index in [1.165, 1.54) is 0 Å². The first kappa shape index (κ1) is 11.9. The SMILES string of the molecule is Cn1ccnc1Cc1ccc(Br)cc1C(=O)O. The Kier molecular flexibility index (Phi) is 3.28. The molecule has 0 bridgehead atoms. The standard InChI is InChI=1S/C12H11BrN2O2/c1-15-5-4-14-11(15)6-8-2-3-9(13)7-10(8)12(16)17/h2-5,7H,6H2,1H3,(H,16,17). The van der Waals surface area contributed by atoms with Gasteiger partial charge in [0.1, 0.15) is 5.82 Å². The Morgan fingerprint density at radius 3 is 2.88 bits per heavy atom. The van der Waals surface area contributed by atoms with Crippen molar-refractivity contribution in [3.63, 3.8) is 0 Å². The molecule has 0 aliphatic heterocycles. The molecule has 1 N–H and O–H groups in total. The number of nitrogens with zero attached hydrogens (tertiary/aromatic N) is 2. The van der Waals surface area contributed by atoms with Crippen LogP contribution in [0.5, 0.6) is 0 Å². The number of aryl methyl sites for hydroxylation is 1.